The minimum atomic E-state index is 0.406. The van der Waals surface area contributed by atoms with Gasteiger partial charge in [0.15, 0.2) is 0 Å². The molecule has 0 N–H and O–H groups in total. The number of allylic oxidation sites excluding steroid dienone is 2. The van der Waals surface area contributed by atoms with Crippen LogP contribution in [-0.2, 0) is 4.79 Å². The number of fused-ring (bicyclic) bond motifs is 9. The van der Waals surface area contributed by atoms with Gasteiger partial charge in [0.25, 0.3) is 0 Å². The summed E-state index contributed by atoms with van der Waals surface area (Å²) in [6, 6.07) is 0. The first kappa shape index (κ1) is 9.44. The molecule has 0 saturated heterocycles. The van der Waals surface area contributed by atoms with Crippen molar-refractivity contribution >= 4 is 6.29 Å². The first-order valence-electron chi connectivity index (χ1n) is 6.98. The van der Waals surface area contributed by atoms with Gasteiger partial charge in [-0.2, -0.15) is 0 Å². The van der Waals surface area contributed by atoms with E-state index in [2.05, 4.69) is 19.1 Å². The standard InChI is InChI=1S/C15H20O/c1-2-10-11-6-12(13(10)7-16)15-9-4-3-8(5-9)14(11)15/h3-4,7-15H,2,5-6H2,1H3. The van der Waals surface area contributed by atoms with Crippen molar-refractivity contribution < 1.29 is 4.79 Å². The molecule has 4 aliphatic carbocycles. The summed E-state index contributed by atoms with van der Waals surface area (Å²) in [5, 5.41) is 0. The molecule has 0 aromatic heterocycles. The highest BCUT2D eigenvalue weighted by molar-refractivity contribution is 5.56. The molecule has 0 heterocycles. The molecule has 86 valence electrons. The van der Waals surface area contributed by atoms with E-state index in [1.54, 1.807) is 0 Å². The third-order valence-electron chi connectivity index (χ3n) is 6.28. The van der Waals surface area contributed by atoms with Crippen LogP contribution in [0.1, 0.15) is 26.2 Å². The van der Waals surface area contributed by atoms with E-state index in [9.17, 15) is 4.79 Å². The van der Waals surface area contributed by atoms with Crippen molar-refractivity contribution in [2.24, 2.45) is 47.3 Å². The molecule has 8 atom stereocenters. The lowest BCUT2D eigenvalue weighted by molar-refractivity contribution is -0.115. The first-order valence-corrected chi connectivity index (χ1v) is 6.98. The van der Waals surface area contributed by atoms with Gasteiger partial charge < -0.3 is 4.79 Å². The van der Waals surface area contributed by atoms with Crippen LogP contribution in [0.25, 0.3) is 0 Å². The minimum absolute atomic E-state index is 0.406. The molecule has 1 heteroatoms. The number of carbonyl (C=O) groups excluding carboxylic acids is 1. The van der Waals surface area contributed by atoms with Crippen LogP contribution >= 0.6 is 0 Å². The van der Waals surface area contributed by atoms with Gasteiger partial charge in [0.05, 0.1) is 0 Å². The Morgan fingerprint density at radius 2 is 1.81 bits per heavy atom. The Kier molecular flexibility index (Phi) is 1.77. The summed E-state index contributed by atoms with van der Waals surface area (Å²) < 4.78 is 0. The molecule has 3 saturated carbocycles. The normalized spacial score (nSPS) is 60.6. The molecule has 0 amide bonds. The summed E-state index contributed by atoms with van der Waals surface area (Å²) >= 11 is 0. The van der Waals surface area contributed by atoms with Gasteiger partial charge in [-0.15, -0.1) is 0 Å². The molecule has 4 bridgehead atoms. The van der Waals surface area contributed by atoms with Crippen molar-refractivity contribution in [3.05, 3.63) is 12.2 Å². The number of hydrogen-bond donors (Lipinski definition) is 0. The van der Waals surface area contributed by atoms with Crippen LogP contribution in [0.15, 0.2) is 12.2 Å². The molecule has 0 aliphatic heterocycles. The molecule has 4 aliphatic rings. The Labute approximate surface area is 97.3 Å². The van der Waals surface area contributed by atoms with Gasteiger partial charge in [0, 0.05) is 5.92 Å². The van der Waals surface area contributed by atoms with Gasteiger partial charge in [-0.3, -0.25) is 0 Å². The third kappa shape index (κ3) is 0.881. The summed E-state index contributed by atoms with van der Waals surface area (Å²) in [4.78, 5) is 11.3. The van der Waals surface area contributed by atoms with Gasteiger partial charge >= 0.3 is 0 Å². The molecule has 3 fully saturated rings. The van der Waals surface area contributed by atoms with E-state index in [4.69, 9.17) is 0 Å². The maximum atomic E-state index is 11.3. The van der Waals surface area contributed by atoms with Gasteiger partial charge in [0.1, 0.15) is 6.29 Å². The zero-order valence-corrected chi connectivity index (χ0v) is 9.88. The average molecular weight is 216 g/mol. The maximum Gasteiger partial charge on any atom is 0.123 e. The Morgan fingerprint density at radius 3 is 2.44 bits per heavy atom. The molecule has 8 unspecified atom stereocenters. The van der Waals surface area contributed by atoms with Crippen molar-refractivity contribution in [3.8, 4) is 0 Å². The zero-order valence-electron chi connectivity index (χ0n) is 9.88. The van der Waals surface area contributed by atoms with E-state index in [-0.39, 0.29) is 0 Å². The van der Waals surface area contributed by atoms with E-state index in [0.29, 0.717) is 5.92 Å². The Hall–Kier alpha value is -0.590. The monoisotopic (exact) mass is 216 g/mol. The number of aldehydes is 1. The van der Waals surface area contributed by atoms with Crippen LogP contribution in [-0.4, -0.2) is 6.29 Å². The van der Waals surface area contributed by atoms with Crippen molar-refractivity contribution in [1.29, 1.82) is 0 Å². The second-order valence-corrected chi connectivity index (χ2v) is 6.45. The van der Waals surface area contributed by atoms with Crippen LogP contribution in [0.2, 0.25) is 0 Å². The summed E-state index contributed by atoms with van der Waals surface area (Å²) in [5.41, 5.74) is 0. The molecule has 0 aromatic rings. The highest BCUT2D eigenvalue weighted by atomic mass is 16.1. The van der Waals surface area contributed by atoms with Crippen molar-refractivity contribution in [1.82, 2.24) is 0 Å². The molecular formula is C15H20O. The lowest BCUT2D eigenvalue weighted by Crippen LogP contribution is -2.37. The van der Waals surface area contributed by atoms with Gasteiger partial charge in [-0.25, -0.2) is 0 Å². The fourth-order valence-electron chi connectivity index (χ4n) is 5.99. The molecular weight excluding hydrogens is 196 g/mol. The average Bonchev–Trinajstić information content (AvgIpc) is 3.03. The van der Waals surface area contributed by atoms with Crippen molar-refractivity contribution in [2.75, 3.05) is 0 Å². The third-order valence-corrected chi connectivity index (χ3v) is 6.28. The fourth-order valence-corrected chi connectivity index (χ4v) is 5.99. The van der Waals surface area contributed by atoms with Crippen LogP contribution in [0.5, 0.6) is 0 Å². The summed E-state index contributed by atoms with van der Waals surface area (Å²) in [6.07, 6.45) is 10.2. The maximum absolute atomic E-state index is 11.3. The van der Waals surface area contributed by atoms with Gasteiger partial charge in [0.2, 0.25) is 0 Å². The van der Waals surface area contributed by atoms with Crippen LogP contribution in [0, 0.1) is 47.3 Å². The second kappa shape index (κ2) is 3.00. The number of carbonyl (C=O) groups is 1. The summed E-state index contributed by atoms with van der Waals surface area (Å²) in [7, 11) is 0. The number of hydrogen-bond acceptors (Lipinski definition) is 1. The van der Waals surface area contributed by atoms with Gasteiger partial charge in [-0.1, -0.05) is 25.5 Å². The van der Waals surface area contributed by atoms with E-state index in [1.807, 2.05) is 0 Å². The predicted octanol–water partition coefficient (Wildman–Crippen LogP) is 2.92. The van der Waals surface area contributed by atoms with Crippen molar-refractivity contribution in [3.63, 3.8) is 0 Å². The topological polar surface area (TPSA) is 17.1 Å². The molecule has 0 radical (unpaired) electrons. The largest absolute Gasteiger partial charge is 0.303 e. The minimum Gasteiger partial charge on any atom is -0.303 e. The SMILES string of the molecule is CCC1C(C=O)C2CC1C1C3C=CC(C3)C21. The molecule has 0 spiro atoms. The van der Waals surface area contributed by atoms with E-state index in [1.165, 1.54) is 25.5 Å². The van der Waals surface area contributed by atoms with Crippen molar-refractivity contribution in [2.45, 2.75) is 26.2 Å². The van der Waals surface area contributed by atoms with Crippen LogP contribution in [0.4, 0.5) is 0 Å². The predicted molar refractivity (Wildman–Crippen MR) is 62.6 cm³/mol. The Balaban J connectivity index is 1.73. The van der Waals surface area contributed by atoms with E-state index in [0.717, 1.165) is 41.4 Å². The van der Waals surface area contributed by atoms with Crippen LogP contribution < -0.4 is 0 Å². The van der Waals surface area contributed by atoms with E-state index < -0.39 is 0 Å². The highest BCUT2D eigenvalue weighted by Gasteiger charge is 2.63. The molecule has 1 nitrogen and oxygen atoms in total. The second-order valence-electron chi connectivity index (χ2n) is 6.45. The molecule has 0 aromatic carbocycles. The fraction of sp³-hybridized carbons (Fsp3) is 0.800. The summed E-state index contributed by atoms with van der Waals surface area (Å²) in [5.74, 6) is 6.32. The zero-order chi connectivity index (χ0) is 10.9. The lowest BCUT2D eigenvalue weighted by atomic mass is 9.64. The van der Waals surface area contributed by atoms with Gasteiger partial charge in [-0.05, 0) is 54.3 Å². The summed E-state index contributed by atoms with van der Waals surface area (Å²) in [6.45, 7) is 2.28. The number of rotatable bonds is 2. The Bertz CT molecular complexity index is 358. The lowest BCUT2D eigenvalue weighted by Gasteiger charge is -2.39. The smallest absolute Gasteiger partial charge is 0.123 e. The quantitative estimate of drug-likeness (QED) is 0.394. The Morgan fingerprint density at radius 1 is 1.12 bits per heavy atom. The molecule has 4 rings (SSSR count). The highest BCUT2D eigenvalue weighted by Crippen LogP contribution is 2.68. The first-order chi connectivity index (χ1) is 7.85. The van der Waals surface area contributed by atoms with E-state index >= 15 is 0 Å². The van der Waals surface area contributed by atoms with Crippen LogP contribution in [0.3, 0.4) is 0 Å². The molecule has 16 heavy (non-hydrogen) atoms.